The average molecular weight is 373 g/mol. The molecule has 0 bridgehead atoms. The maximum Gasteiger partial charge on any atom is 0.338 e. The van der Waals surface area contributed by atoms with Crippen LogP contribution in [-0.4, -0.2) is 43.2 Å². The quantitative estimate of drug-likeness (QED) is 0.680. The third kappa shape index (κ3) is 4.19. The number of rotatable bonds is 5. The van der Waals surface area contributed by atoms with E-state index in [4.69, 9.17) is 16.3 Å². The third-order valence-corrected chi connectivity index (χ3v) is 3.57. The molecule has 3 aromatic rings. The molecule has 10 heteroatoms. The fourth-order valence-corrected chi connectivity index (χ4v) is 2.10. The number of esters is 1. The maximum absolute atomic E-state index is 12.2. The van der Waals surface area contributed by atoms with Gasteiger partial charge in [0.1, 0.15) is 12.1 Å². The van der Waals surface area contributed by atoms with Gasteiger partial charge in [0.25, 0.3) is 5.91 Å². The lowest BCUT2D eigenvalue weighted by atomic mass is 10.2. The second kappa shape index (κ2) is 7.70. The summed E-state index contributed by atoms with van der Waals surface area (Å²) in [4.78, 5) is 28.2. The Morgan fingerprint density at radius 2 is 1.96 bits per heavy atom. The Labute approximate surface area is 152 Å². The minimum atomic E-state index is -1.00. The first-order valence-electron chi connectivity index (χ1n) is 7.50. The molecule has 1 atom stereocenters. The Balaban J connectivity index is 1.59. The SMILES string of the molecule is C[C@@H](OC(=O)c1ccc(-n2cnnn2)cc1)C(=O)Nc1ccc(Cl)cn1. The lowest BCUT2D eigenvalue weighted by molar-refractivity contribution is -0.123. The van der Waals surface area contributed by atoms with Crippen LogP contribution in [0.15, 0.2) is 48.9 Å². The van der Waals surface area contributed by atoms with Crippen LogP contribution in [0.1, 0.15) is 17.3 Å². The summed E-state index contributed by atoms with van der Waals surface area (Å²) in [5.41, 5.74) is 0.984. The molecule has 3 rings (SSSR count). The summed E-state index contributed by atoms with van der Waals surface area (Å²) in [5, 5.41) is 13.8. The molecule has 0 radical (unpaired) electrons. The van der Waals surface area contributed by atoms with Crippen molar-refractivity contribution in [3.05, 3.63) is 59.5 Å². The van der Waals surface area contributed by atoms with Crippen LogP contribution in [-0.2, 0) is 9.53 Å². The second-order valence-corrected chi connectivity index (χ2v) is 5.64. The standard InChI is InChI=1S/C16H13ClN6O3/c1-10(15(24)20-14-7-4-12(17)8-18-14)26-16(25)11-2-5-13(6-3-11)23-9-19-21-22-23/h2-10H,1H3,(H,18,20,24)/t10-/m1/s1. The number of nitrogens with zero attached hydrogens (tertiary/aromatic N) is 5. The highest BCUT2D eigenvalue weighted by molar-refractivity contribution is 6.30. The van der Waals surface area contributed by atoms with Gasteiger partial charge in [-0.2, -0.15) is 0 Å². The van der Waals surface area contributed by atoms with Gasteiger partial charge < -0.3 is 10.1 Å². The van der Waals surface area contributed by atoms with Gasteiger partial charge in [-0.25, -0.2) is 14.5 Å². The first-order chi connectivity index (χ1) is 12.5. The molecule has 0 saturated carbocycles. The molecule has 0 fully saturated rings. The highest BCUT2D eigenvalue weighted by atomic mass is 35.5. The molecule has 2 aromatic heterocycles. The summed E-state index contributed by atoms with van der Waals surface area (Å²) >= 11 is 5.73. The van der Waals surface area contributed by atoms with E-state index >= 15 is 0 Å². The van der Waals surface area contributed by atoms with E-state index < -0.39 is 18.0 Å². The Morgan fingerprint density at radius 1 is 1.19 bits per heavy atom. The number of nitrogens with one attached hydrogen (secondary N) is 1. The van der Waals surface area contributed by atoms with E-state index in [1.165, 1.54) is 24.1 Å². The zero-order chi connectivity index (χ0) is 18.5. The molecule has 2 heterocycles. The van der Waals surface area contributed by atoms with Gasteiger partial charge in [0.2, 0.25) is 0 Å². The van der Waals surface area contributed by atoms with E-state index in [2.05, 4.69) is 25.8 Å². The van der Waals surface area contributed by atoms with Gasteiger partial charge in [-0.05, 0) is 53.7 Å². The number of pyridine rings is 1. The predicted molar refractivity (Wildman–Crippen MR) is 91.9 cm³/mol. The van der Waals surface area contributed by atoms with Crippen LogP contribution >= 0.6 is 11.6 Å². The lowest BCUT2D eigenvalue weighted by Crippen LogP contribution is -2.30. The van der Waals surface area contributed by atoms with Crippen LogP contribution < -0.4 is 5.32 Å². The van der Waals surface area contributed by atoms with Crippen LogP contribution in [0.25, 0.3) is 5.69 Å². The van der Waals surface area contributed by atoms with Crippen LogP contribution in [0, 0.1) is 0 Å². The zero-order valence-corrected chi connectivity index (χ0v) is 14.3. The van der Waals surface area contributed by atoms with Crippen molar-refractivity contribution in [2.45, 2.75) is 13.0 Å². The summed E-state index contributed by atoms with van der Waals surface area (Å²) in [6.07, 6.45) is 1.84. The zero-order valence-electron chi connectivity index (χ0n) is 13.5. The van der Waals surface area contributed by atoms with E-state index in [0.717, 1.165) is 0 Å². The third-order valence-electron chi connectivity index (χ3n) is 3.35. The van der Waals surface area contributed by atoms with Gasteiger partial charge in [0.05, 0.1) is 16.3 Å². The number of tetrazole rings is 1. The van der Waals surface area contributed by atoms with E-state index in [0.29, 0.717) is 22.1 Å². The van der Waals surface area contributed by atoms with Crippen molar-refractivity contribution < 1.29 is 14.3 Å². The first kappa shape index (κ1) is 17.5. The van der Waals surface area contributed by atoms with Gasteiger partial charge in [0, 0.05) is 6.20 Å². The molecule has 132 valence electrons. The van der Waals surface area contributed by atoms with Gasteiger partial charge in [-0.1, -0.05) is 11.6 Å². The van der Waals surface area contributed by atoms with Gasteiger partial charge in [-0.15, -0.1) is 5.10 Å². The van der Waals surface area contributed by atoms with Gasteiger partial charge in [0.15, 0.2) is 6.10 Å². The molecule has 0 spiro atoms. The lowest BCUT2D eigenvalue weighted by Gasteiger charge is -2.13. The van der Waals surface area contributed by atoms with Crippen molar-refractivity contribution in [1.82, 2.24) is 25.2 Å². The number of anilines is 1. The molecule has 0 aliphatic rings. The van der Waals surface area contributed by atoms with Crippen molar-refractivity contribution in [3.63, 3.8) is 0 Å². The Kier molecular flexibility index (Phi) is 5.18. The van der Waals surface area contributed by atoms with E-state index in [1.807, 2.05) is 0 Å². The summed E-state index contributed by atoms with van der Waals surface area (Å²) in [6, 6.07) is 9.58. The average Bonchev–Trinajstić information content (AvgIpc) is 3.18. The molecule has 0 unspecified atom stereocenters. The minimum absolute atomic E-state index is 0.297. The molecule has 0 saturated heterocycles. The molecule has 26 heavy (non-hydrogen) atoms. The molecule has 0 aliphatic carbocycles. The van der Waals surface area contributed by atoms with Gasteiger partial charge in [-0.3, -0.25) is 4.79 Å². The molecule has 1 N–H and O–H groups in total. The second-order valence-electron chi connectivity index (χ2n) is 5.20. The van der Waals surface area contributed by atoms with Crippen LogP contribution in [0.4, 0.5) is 5.82 Å². The number of hydrogen-bond acceptors (Lipinski definition) is 7. The fraction of sp³-hybridized carbons (Fsp3) is 0.125. The van der Waals surface area contributed by atoms with E-state index in [1.54, 1.807) is 36.4 Å². The largest absolute Gasteiger partial charge is 0.449 e. The number of carbonyl (C=O) groups is 2. The van der Waals surface area contributed by atoms with Crippen molar-refractivity contribution in [1.29, 1.82) is 0 Å². The monoisotopic (exact) mass is 372 g/mol. The highest BCUT2D eigenvalue weighted by Crippen LogP contribution is 2.12. The van der Waals surface area contributed by atoms with Gasteiger partial charge >= 0.3 is 5.97 Å². The molecule has 0 aliphatic heterocycles. The van der Waals surface area contributed by atoms with Crippen molar-refractivity contribution in [2.24, 2.45) is 0 Å². The summed E-state index contributed by atoms with van der Waals surface area (Å²) in [7, 11) is 0. The summed E-state index contributed by atoms with van der Waals surface area (Å²) in [5.74, 6) is -0.813. The number of carbonyl (C=O) groups excluding carboxylic acids is 2. The number of hydrogen-bond donors (Lipinski definition) is 1. The predicted octanol–water partition coefficient (Wildman–Crippen LogP) is 1.89. The van der Waals surface area contributed by atoms with E-state index in [-0.39, 0.29) is 0 Å². The highest BCUT2D eigenvalue weighted by Gasteiger charge is 2.19. The topological polar surface area (TPSA) is 112 Å². The summed E-state index contributed by atoms with van der Waals surface area (Å²) < 4.78 is 6.62. The van der Waals surface area contributed by atoms with Crippen molar-refractivity contribution >= 4 is 29.3 Å². The van der Waals surface area contributed by atoms with Crippen molar-refractivity contribution in [3.8, 4) is 5.69 Å². The maximum atomic E-state index is 12.2. The van der Waals surface area contributed by atoms with Crippen LogP contribution in [0.2, 0.25) is 5.02 Å². The smallest absolute Gasteiger partial charge is 0.338 e. The first-order valence-corrected chi connectivity index (χ1v) is 7.87. The van der Waals surface area contributed by atoms with Crippen molar-refractivity contribution in [2.75, 3.05) is 5.32 Å². The number of aromatic nitrogens is 5. The van der Waals surface area contributed by atoms with E-state index in [9.17, 15) is 9.59 Å². The minimum Gasteiger partial charge on any atom is -0.449 e. The molecular formula is C16H13ClN6O3. The Morgan fingerprint density at radius 3 is 2.58 bits per heavy atom. The fourth-order valence-electron chi connectivity index (χ4n) is 1.99. The Bertz CT molecular complexity index is 897. The Hall–Kier alpha value is -3.33. The number of amides is 1. The molecular weight excluding hydrogens is 360 g/mol. The molecule has 1 amide bonds. The van der Waals surface area contributed by atoms with Crippen LogP contribution in [0.3, 0.4) is 0 Å². The number of benzene rings is 1. The number of halogens is 1. The molecule has 9 nitrogen and oxygen atoms in total. The normalized spacial score (nSPS) is 11.6. The molecule has 1 aromatic carbocycles. The number of ether oxygens (including phenoxy) is 1. The van der Waals surface area contributed by atoms with Crippen LogP contribution in [0.5, 0.6) is 0 Å². The summed E-state index contributed by atoms with van der Waals surface area (Å²) in [6.45, 7) is 1.47.